The van der Waals surface area contributed by atoms with Crippen molar-refractivity contribution in [2.24, 2.45) is 0 Å². The number of fused-ring (bicyclic) bond motifs is 2. The number of aliphatic hydroxyl groups is 1. The molecule has 0 saturated heterocycles. The molecule has 1 aromatic heterocycles. The molecule has 24 heavy (non-hydrogen) atoms. The van der Waals surface area contributed by atoms with Crippen molar-refractivity contribution in [3.63, 3.8) is 0 Å². The molecular formula is C20H25NO2S. The standard InChI is InChI=1S/C20H25NO2S/c22-17(13-21-10-8-20-16(12-21)9-11-24-20)14-23-19-7-3-5-15-4-1-2-6-18(15)19/h1-2,4,6,9,11,17,19,22H,3,5,7-8,10,12-14H2. The van der Waals surface area contributed by atoms with Crippen molar-refractivity contribution >= 4 is 11.3 Å². The van der Waals surface area contributed by atoms with E-state index in [1.54, 1.807) is 0 Å². The first kappa shape index (κ1) is 16.3. The number of hydrogen-bond donors (Lipinski definition) is 1. The lowest BCUT2D eigenvalue weighted by atomic mass is 9.89. The van der Waals surface area contributed by atoms with Gasteiger partial charge in [-0.05, 0) is 53.8 Å². The van der Waals surface area contributed by atoms with Gasteiger partial charge in [-0.3, -0.25) is 4.90 Å². The Balaban J connectivity index is 1.29. The van der Waals surface area contributed by atoms with Gasteiger partial charge in [0.2, 0.25) is 0 Å². The van der Waals surface area contributed by atoms with E-state index >= 15 is 0 Å². The zero-order chi connectivity index (χ0) is 16.4. The number of aliphatic hydroxyl groups excluding tert-OH is 1. The van der Waals surface area contributed by atoms with E-state index in [1.807, 2.05) is 11.3 Å². The second kappa shape index (κ2) is 7.36. The molecule has 3 nitrogen and oxygen atoms in total. The van der Waals surface area contributed by atoms with Crippen molar-refractivity contribution in [3.05, 3.63) is 57.3 Å². The Morgan fingerprint density at radius 3 is 3.08 bits per heavy atom. The third-order valence-electron chi connectivity index (χ3n) is 5.16. The number of ether oxygens (including phenoxy) is 1. The monoisotopic (exact) mass is 343 g/mol. The predicted molar refractivity (Wildman–Crippen MR) is 97.4 cm³/mol. The van der Waals surface area contributed by atoms with Gasteiger partial charge >= 0.3 is 0 Å². The van der Waals surface area contributed by atoms with Gasteiger partial charge in [0, 0.05) is 24.5 Å². The average molecular weight is 343 g/mol. The SMILES string of the molecule is OC(COC1CCCc2ccccc21)CN1CCc2sccc2C1. The molecule has 0 amide bonds. The lowest BCUT2D eigenvalue weighted by molar-refractivity contribution is -0.0293. The predicted octanol–water partition coefficient (Wildman–Crippen LogP) is 3.56. The summed E-state index contributed by atoms with van der Waals surface area (Å²) in [6, 6.07) is 10.8. The number of nitrogens with zero attached hydrogens (tertiary/aromatic N) is 1. The molecule has 0 spiro atoms. The van der Waals surface area contributed by atoms with E-state index in [1.165, 1.54) is 28.0 Å². The number of benzene rings is 1. The summed E-state index contributed by atoms with van der Waals surface area (Å²) in [7, 11) is 0. The fourth-order valence-electron chi connectivity index (χ4n) is 3.92. The quantitative estimate of drug-likeness (QED) is 0.901. The van der Waals surface area contributed by atoms with Crippen LogP contribution in [0, 0.1) is 0 Å². The molecule has 1 aromatic carbocycles. The van der Waals surface area contributed by atoms with Crippen LogP contribution in [0.5, 0.6) is 0 Å². The Morgan fingerprint density at radius 1 is 1.21 bits per heavy atom. The highest BCUT2D eigenvalue weighted by Gasteiger charge is 2.23. The minimum atomic E-state index is -0.417. The summed E-state index contributed by atoms with van der Waals surface area (Å²) in [5.74, 6) is 0. The average Bonchev–Trinajstić information content (AvgIpc) is 3.07. The molecule has 1 N–H and O–H groups in total. The highest BCUT2D eigenvalue weighted by molar-refractivity contribution is 7.10. The van der Waals surface area contributed by atoms with E-state index in [4.69, 9.17) is 4.74 Å². The van der Waals surface area contributed by atoms with Crippen molar-refractivity contribution in [1.29, 1.82) is 0 Å². The van der Waals surface area contributed by atoms with Gasteiger partial charge in [0.05, 0.1) is 18.8 Å². The lowest BCUT2D eigenvalue weighted by Gasteiger charge is -2.30. The normalized spacial score (nSPS) is 22.0. The molecule has 128 valence electrons. The van der Waals surface area contributed by atoms with Crippen LogP contribution in [0.2, 0.25) is 0 Å². The maximum atomic E-state index is 10.4. The van der Waals surface area contributed by atoms with Crippen LogP contribution in [0.15, 0.2) is 35.7 Å². The van der Waals surface area contributed by atoms with E-state index in [0.29, 0.717) is 13.2 Å². The van der Waals surface area contributed by atoms with Crippen LogP contribution < -0.4 is 0 Å². The van der Waals surface area contributed by atoms with Crippen LogP contribution in [-0.4, -0.2) is 35.8 Å². The van der Waals surface area contributed by atoms with E-state index in [-0.39, 0.29) is 6.10 Å². The van der Waals surface area contributed by atoms with Crippen molar-refractivity contribution in [1.82, 2.24) is 4.90 Å². The van der Waals surface area contributed by atoms with Crippen LogP contribution in [0.25, 0.3) is 0 Å². The zero-order valence-electron chi connectivity index (χ0n) is 14.0. The van der Waals surface area contributed by atoms with Gasteiger partial charge in [0.15, 0.2) is 0 Å². The third kappa shape index (κ3) is 3.57. The van der Waals surface area contributed by atoms with Crippen LogP contribution in [-0.2, 0) is 24.1 Å². The molecule has 2 unspecified atom stereocenters. The largest absolute Gasteiger partial charge is 0.389 e. The van der Waals surface area contributed by atoms with Gasteiger partial charge in [-0.15, -0.1) is 11.3 Å². The summed E-state index contributed by atoms with van der Waals surface area (Å²) in [6.07, 6.45) is 4.22. The van der Waals surface area contributed by atoms with Gasteiger partial charge < -0.3 is 9.84 Å². The summed E-state index contributed by atoms with van der Waals surface area (Å²) < 4.78 is 6.09. The molecule has 2 aliphatic rings. The van der Waals surface area contributed by atoms with Crippen LogP contribution in [0.1, 0.15) is 40.5 Å². The molecular weight excluding hydrogens is 318 g/mol. The maximum absolute atomic E-state index is 10.4. The summed E-state index contributed by atoms with van der Waals surface area (Å²) >= 11 is 1.85. The van der Waals surface area contributed by atoms with Gasteiger partial charge in [0.1, 0.15) is 0 Å². The Kier molecular flexibility index (Phi) is 4.99. The molecule has 2 heterocycles. The van der Waals surface area contributed by atoms with E-state index in [9.17, 15) is 5.11 Å². The molecule has 2 atom stereocenters. The fraction of sp³-hybridized carbons (Fsp3) is 0.500. The molecule has 0 radical (unpaired) electrons. The molecule has 0 bridgehead atoms. The summed E-state index contributed by atoms with van der Waals surface area (Å²) in [4.78, 5) is 3.86. The number of aryl methyl sites for hydroxylation is 1. The Hall–Kier alpha value is -1.20. The van der Waals surface area contributed by atoms with E-state index in [0.717, 1.165) is 32.4 Å². The highest BCUT2D eigenvalue weighted by atomic mass is 32.1. The van der Waals surface area contributed by atoms with Crippen LogP contribution in [0.3, 0.4) is 0 Å². The third-order valence-corrected chi connectivity index (χ3v) is 6.18. The zero-order valence-corrected chi connectivity index (χ0v) is 14.8. The molecule has 4 rings (SSSR count). The summed E-state index contributed by atoms with van der Waals surface area (Å²) in [6.45, 7) is 3.12. The summed E-state index contributed by atoms with van der Waals surface area (Å²) in [5.41, 5.74) is 4.15. The number of rotatable bonds is 5. The first-order chi connectivity index (χ1) is 11.8. The van der Waals surface area contributed by atoms with E-state index in [2.05, 4.69) is 40.6 Å². The molecule has 0 fully saturated rings. The van der Waals surface area contributed by atoms with Crippen molar-refractivity contribution in [2.45, 2.75) is 44.4 Å². The Labute approximate surface area is 147 Å². The molecule has 1 aliphatic heterocycles. The maximum Gasteiger partial charge on any atom is 0.0900 e. The minimum absolute atomic E-state index is 0.148. The number of β-amino-alcohol motifs (C(OH)–C–C–N with tert-alkyl or cyclic N) is 1. The number of thiophene rings is 1. The first-order valence-corrected chi connectivity index (χ1v) is 9.82. The van der Waals surface area contributed by atoms with Crippen molar-refractivity contribution in [3.8, 4) is 0 Å². The van der Waals surface area contributed by atoms with Crippen molar-refractivity contribution in [2.75, 3.05) is 19.7 Å². The lowest BCUT2D eigenvalue weighted by Crippen LogP contribution is -2.38. The molecule has 4 heteroatoms. The second-order valence-corrected chi connectivity index (χ2v) is 7.92. The molecule has 0 saturated carbocycles. The smallest absolute Gasteiger partial charge is 0.0900 e. The summed E-state index contributed by atoms with van der Waals surface area (Å²) in [5, 5.41) is 12.6. The highest BCUT2D eigenvalue weighted by Crippen LogP contribution is 2.32. The van der Waals surface area contributed by atoms with Gasteiger partial charge in [-0.1, -0.05) is 24.3 Å². The Bertz CT molecular complexity index is 684. The van der Waals surface area contributed by atoms with Gasteiger partial charge in [0.25, 0.3) is 0 Å². The second-order valence-electron chi connectivity index (χ2n) is 6.92. The minimum Gasteiger partial charge on any atom is -0.389 e. The molecule has 2 aromatic rings. The van der Waals surface area contributed by atoms with Crippen molar-refractivity contribution < 1.29 is 9.84 Å². The van der Waals surface area contributed by atoms with E-state index < -0.39 is 6.10 Å². The van der Waals surface area contributed by atoms with Crippen LogP contribution >= 0.6 is 11.3 Å². The topological polar surface area (TPSA) is 32.7 Å². The Morgan fingerprint density at radius 2 is 2.12 bits per heavy atom. The fourth-order valence-corrected chi connectivity index (χ4v) is 4.81. The van der Waals surface area contributed by atoms with Gasteiger partial charge in [-0.2, -0.15) is 0 Å². The van der Waals surface area contributed by atoms with Gasteiger partial charge in [-0.25, -0.2) is 0 Å². The molecule has 1 aliphatic carbocycles. The first-order valence-electron chi connectivity index (χ1n) is 8.94. The number of hydrogen-bond acceptors (Lipinski definition) is 4. The van der Waals surface area contributed by atoms with Crippen LogP contribution in [0.4, 0.5) is 0 Å².